The summed E-state index contributed by atoms with van der Waals surface area (Å²) in [6.45, 7) is 1.57. The van der Waals surface area contributed by atoms with E-state index in [-0.39, 0.29) is 17.2 Å². The maximum absolute atomic E-state index is 13.0. The molecule has 0 N–H and O–H groups in total. The van der Waals surface area contributed by atoms with E-state index in [1.165, 1.54) is 25.4 Å². The molecule has 0 fully saturated rings. The molecule has 0 bridgehead atoms. The van der Waals surface area contributed by atoms with Gasteiger partial charge in [0.25, 0.3) is 0 Å². The van der Waals surface area contributed by atoms with Crippen molar-refractivity contribution < 1.29 is 17.9 Å². The van der Waals surface area contributed by atoms with Crippen molar-refractivity contribution in [2.75, 3.05) is 14.2 Å². The van der Waals surface area contributed by atoms with Crippen LogP contribution in [0.4, 0.5) is 0 Å². The van der Waals surface area contributed by atoms with Crippen molar-refractivity contribution in [2.24, 2.45) is 0 Å². The maximum Gasteiger partial charge on any atom is 0.243 e. The highest BCUT2D eigenvalue weighted by atomic mass is 32.2. The average molecular weight is 383 g/mol. The predicted octanol–water partition coefficient (Wildman–Crippen LogP) is 3.87. The van der Waals surface area contributed by atoms with Crippen molar-refractivity contribution in [3.63, 3.8) is 0 Å². The van der Waals surface area contributed by atoms with Gasteiger partial charge in [-0.15, -0.1) is 0 Å². The van der Waals surface area contributed by atoms with Crippen LogP contribution >= 0.6 is 0 Å². The van der Waals surface area contributed by atoms with Gasteiger partial charge in [-0.3, -0.25) is 4.79 Å². The van der Waals surface area contributed by atoms with E-state index < -0.39 is 10.0 Å². The molecular weight excluding hydrogens is 362 g/mol. The van der Waals surface area contributed by atoms with Gasteiger partial charge < -0.3 is 4.74 Å². The minimum atomic E-state index is -3.69. The number of carbonyl (C=O) groups is 1. The second-order valence-corrected chi connectivity index (χ2v) is 8.40. The lowest BCUT2D eigenvalue weighted by Crippen LogP contribution is -2.26. The summed E-state index contributed by atoms with van der Waals surface area (Å²) in [4.78, 5) is 11.9. The van der Waals surface area contributed by atoms with Gasteiger partial charge in [0.1, 0.15) is 5.75 Å². The Morgan fingerprint density at radius 3 is 2.37 bits per heavy atom. The summed E-state index contributed by atoms with van der Waals surface area (Å²) >= 11 is 0. The van der Waals surface area contributed by atoms with Crippen LogP contribution in [0.2, 0.25) is 0 Å². The number of benzene rings is 3. The van der Waals surface area contributed by atoms with Gasteiger partial charge in [0.15, 0.2) is 5.78 Å². The van der Waals surface area contributed by atoms with E-state index in [0.717, 1.165) is 10.8 Å². The van der Waals surface area contributed by atoms with E-state index in [1.54, 1.807) is 36.4 Å². The third kappa shape index (κ3) is 3.86. The van der Waals surface area contributed by atoms with Crippen LogP contribution in [0, 0.1) is 0 Å². The van der Waals surface area contributed by atoms with E-state index in [9.17, 15) is 13.2 Å². The Bertz CT molecular complexity index is 1110. The van der Waals surface area contributed by atoms with E-state index in [0.29, 0.717) is 16.9 Å². The molecule has 0 atom stereocenters. The monoisotopic (exact) mass is 383 g/mol. The molecule has 0 radical (unpaired) electrons. The van der Waals surface area contributed by atoms with Gasteiger partial charge in [-0.05, 0) is 48.0 Å². The number of sulfonamides is 1. The van der Waals surface area contributed by atoms with E-state index in [2.05, 4.69) is 0 Å². The SMILES string of the molecule is COc1ccc(C(C)=O)cc1CN(C)S(=O)(=O)c1ccc2ccccc2c1. The Morgan fingerprint density at radius 1 is 1.00 bits per heavy atom. The molecule has 0 spiro atoms. The summed E-state index contributed by atoms with van der Waals surface area (Å²) in [5.41, 5.74) is 1.15. The first-order chi connectivity index (χ1) is 12.8. The molecular formula is C21H21NO4S. The normalized spacial score (nSPS) is 11.7. The standard InChI is InChI=1S/C21H21NO4S/c1-15(23)17-9-11-21(26-3)19(12-17)14-22(2)27(24,25)20-10-8-16-6-4-5-7-18(16)13-20/h4-13H,14H2,1-3H3. The number of hydrogen-bond donors (Lipinski definition) is 0. The first-order valence-electron chi connectivity index (χ1n) is 8.46. The average Bonchev–Trinajstić information content (AvgIpc) is 2.67. The number of methoxy groups -OCH3 is 1. The largest absolute Gasteiger partial charge is 0.496 e. The lowest BCUT2D eigenvalue weighted by molar-refractivity contribution is 0.101. The highest BCUT2D eigenvalue weighted by Gasteiger charge is 2.22. The Labute approximate surface area is 159 Å². The molecule has 0 saturated carbocycles. The third-order valence-electron chi connectivity index (χ3n) is 4.51. The summed E-state index contributed by atoms with van der Waals surface area (Å²) in [5, 5.41) is 1.85. The lowest BCUT2D eigenvalue weighted by atomic mass is 10.1. The van der Waals surface area contributed by atoms with Crippen LogP contribution in [0.3, 0.4) is 0 Å². The highest BCUT2D eigenvalue weighted by molar-refractivity contribution is 7.89. The molecule has 0 aliphatic carbocycles. The molecule has 5 nitrogen and oxygen atoms in total. The fraction of sp³-hybridized carbons (Fsp3) is 0.190. The van der Waals surface area contributed by atoms with Gasteiger partial charge >= 0.3 is 0 Å². The molecule has 140 valence electrons. The summed E-state index contributed by atoms with van der Waals surface area (Å²) in [5.74, 6) is 0.458. The Balaban J connectivity index is 1.95. The zero-order valence-corrected chi connectivity index (χ0v) is 16.3. The van der Waals surface area contributed by atoms with Crippen LogP contribution in [0.5, 0.6) is 5.75 Å². The number of rotatable bonds is 6. The second-order valence-electron chi connectivity index (χ2n) is 6.35. The van der Waals surface area contributed by atoms with Gasteiger partial charge in [0, 0.05) is 24.7 Å². The van der Waals surface area contributed by atoms with Crippen LogP contribution in [-0.2, 0) is 16.6 Å². The molecule has 3 aromatic carbocycles. The molecule has 0 aliphatic heterocycles. The maximum atomic E-state index is 13.0. The van der Waals surface area contributed by atoms with E-state index >= 15 is 0 Å². The van der Waals surface area contributed by atoms with Gasteiger partial charge in [-0.1, -0.05) is 30.3 Å². The van der Waals surface area contributed by atoms with Crippen molar-refractivity contribution in [1.29, 1.82) is 0 Å². The van der Waals surface area contributed by atoms with Crippen molar-refractivity contribution in [1.82, 2.24) is 4.31 Å². The van der Waals surface area contributed by atoms with Crippen LogP contribution in [0.15, 0.2) is 65.6 Å². The first-order valence-corrected chi connectivity index (χ1v) is 9.90. The van der Waals surface area contributed by atoms with E-state index in [4.69, 9.17) is 4.74 Å². The second kappa shape index (κ2) is 7.50. The number of Topliss-reactive ketones (excluding diaryl/α,β-unsaturated/α-hetero) is 1. The molecule has 27 heavy (non-hydrogen) atoms. The first kappa shape index (κ1) is 19.1. The van der Waals surface area contributed by atoms with Crippen LogP contribution < -0.4 is 4.74 Å². The van der Waals surface area contributed by atoms with Gasteiger partial charge in [-0.2, -0.15) is 4.31 Å². The zero-order chi connectivity index (χ0) is 19.6. The molecule has 0 amide bonds. The van der Waals surface area contributed by atoms with Gasteiger partial charge in [-0.25, -0.2) is 8.42 Å². The minimum absolute atomic E-state index is 0.0843. The van der Waals surface area contributed by atoms with Gasteiger partial charge in [0.05, 0.1) is 12.0 Å². The molecule has 0 unspecified atom stereocenters. The summed E-state index contributed by atoms with van der Waals surface area (Å²) in [6.07, 6.45) is 0. The highest BCUT2D eigenvalue weighted by Crippen LogP contribution is 2.26. The summed E-state index contributed by atoms with van der Waals surface area (Å²) in [6, 6.07) is 17.7. The van der Waals surface area contributed by atoms with Crippen molar-refractivity contribution in [2.45, 2.75) is 18.4 Å². The molecule has 3 aromatic rings. The van der Waals surface area contributed by atoms with Gasteiger partial charge in [0.2, 0.25) is 10.0 Å². The fourth-order valence-electron chi connectivity index (χ4n) is 2.95. The Kier molecular flexibility index (Phi) is 5.30. The van der Waals surface area contributed by atoms with Crippen molar-refractivity contribution in [3.05, 3.63) is 71.8 Å². The Morgan fingerprint density at radius 2 is 1.70 bits per heavy atom. The summed E-state index contributed by atoms with van der Waals surface area (Å²) in [7, 11) is -0.658. The fourth-order valence-corrected chi connectivity index (χ4v) is 4.14. The third-order valence-corrected chi connectivity index (χ3v) is 6.31. The number of carbonyl (C=O) groups excluding carboxylic acids is 1. The van der Waals surface area contributed by atoms with Crippen LogP contribution in [0.25, 0.3) is 10.8 Å². The number of ketones is 1. The number of ether oxygens (including phenoxy) is 1. The smallest absolute Gasteiger partial charge is 0.243 e. The number of nitrogens with zero attached hydrogens (tertiary/aromatic N) is 1. The quantitative estimate of drug-likeness (QED) is 0.606. The molecule has 0 aromatic heterocycles. The lowest BCUT2D eigenvalue weighted by Gasteiger charge is -2.19. The van der Waals surface area contributed by atoms with E-state index in [1.807, 2.05) is 24.3 Å². The number of hydrogen-bond acceptors (Lipinski definition) is 4. The van der Waals surface area contributed by atoms with Crippen LogP contribution in [0.1, 0.15) is 22.8 Å². The molecule has 0 saturated heterocycles. The van der Waals surface area contributed by atoms with Crippen LogP contribution in [-0.4, -0.2) is 32.7 Å². The Hall–Kier alpha value is -2.70. The molecule has 6 heteroatoms. The molecule has 0 aliphatic rings. The molecule has 3 rings (SSSR count). The topological polar surface area (TPSA) is 63.7 Å². The van der Waals surface area contributed by atoms with Crippen molar-refractivity contribution in [3.8, 4) is 5.75 Å². The number of fused-ring (bicyclic) bond motifs is 1. The zero-order valence-electron chi connectivity index (χ0n) is 15.5. The predicted molar refractivity (Wildman–Crippen MR) is 106 cm³/mol. The van der Waals surface area contributed by atoms with Crippen molar-refractivity contribution >= 4 is 26.6 Å². The molecule has 0 heterocycles. The minimum Gasteiger partial charge on any atom is -0.496 e. The summed E-state index contributed by atoms with van der Waals surface area (Å²) < 4.78 is 32.6.